The molecule has 1 N–H and O–H groups in total. The average molecular weight is 445 g/mol. The van der Waals surface area contributed by atoms with Crippen molar-refractivity contribution in [1.82, 2.24) is 4.90 Å². The zero-order valence-electron chi connectivity index (χ0n) is 18.5. The van der Waals surface area contributed by atoms with E-state index in [1.165, 1.54) is 0 Å². The molecule has 170 valence electrons. The molecule has 1 atom stereocenters. The molecule has 5 rings (SSSR count). The summed E-state index contributed by atoms with van der Waals surface area (Å²) < 4.78 is 11.8. The molecule has 3 aromatic carbocycles. The van der Waals surface area contributed by atoms with Gasteiger partial charge in [0.2, 0.25) is 0 Å². The van der Waals surface area contributed by atoms with Crippen LogP contribution in [0.5, 0.6) is 11.5 Å². The van der Waals surface area contributed by atoms with Crippen LogP contribution in [0.1, 0.15) is 23.2 Å². The van der Waals surface area contributed by atoms with Crippen molar-refractivity contribution < 1.29 is 19.4 Å². The fraction of sp³-hybridized carbons (Fsp3) is 0.296. The van der Waals surface area contributed by atoms with Gasteiger partial charge in [0.05, 0.1) is 18.3 Å². The van der Waals surface area contributed by atoms with E-state index in [0.29, 0.717) is 17.9 Å². The third-order valence-electron chi connectivity index (χ3n) is 6.20. The van der Waals surface area contributed by atoms with Crippen molar-refractivity contribution in [2.75, 3.05) is 37.9 Å². The molecular weight excluding hydrogens is 416 g/mol. The van der Waals surface area contributed by atoms with Crippen molar-refractivity contribution >= 4 is 11.6 Å². The van der Waals surface area contributed by atoms with Crippen molar-refractivity contribution in [3.8, 4) is 22.6 Å². The molecule has 2 heterocycles. The second-order valence-electron chi connectivity index (χ2n) is 8.52. The molecule has 33 heavy (non-hydrogen) atoms. The monoisotopic (exact) mass is 444 g/mol. The Labute approximate surface area is 194 Å². The number of β-amino-alcohol motifs (C(OH)–C–C–N with tert-alkyl or cyclic N) is 1. The van der Waals surface area contributed by atoms with Crippen molar-refractivity contribution in [3.63, 3.8) is 0 Å². The molecule has 1 saturated heterocycles. The molecule has 6 nitrogen and oxygen atoms in total. The van der Waals surface area contributed by atoms with Gasteiger partial charge in [0.15, 0.2) is 6.73 Å². The summed E-state index contributed by atoms with van der Waals surface area (Å²) in [5.41, 5.74) is 3.45. The summed E-state index contributed by atoms with van der Waals surface area (Å²) in [6.07, 6.45) is 1.59. The maximum atomic E-state index is 13.1. The van der Waals surface area contributed by atoms with Crippen LogP contribution in [0.15, 0.2) is 72.8 Å². The highest BCUT2D eigenvalue weighted by molar-refractivity contribution is 6.09. The van der Waals surface area contributed by atoms with Gasteiger partial charge in [-0.2, -0.15) is 0 Å². The number of anilines is 1. The van der Waals surface area contributed by atoms with E-state index in [9.17, 15) is 9.90 Å². The Morgan fingerprint density at radius 1 is 1.00 bits per heavy atom. The number of fused-ring (bicyclic) bond motifs is 1. The Kier molecular flexibility index (Phi) is 6.28. The van der Waals surface area contributed by atoms with E-state index in [4.69, 9.17) is 9.47 Å². The predicted molar refractivity (Wildman–Crippen MR) is 128 cm³/mol. The lowest BCUT2D eigenvalue weighted by Gasteiger charge is -2.29. The lowest BCUT2D eigenvalue weighted by Crippen LogP contribution is -2.38. The highest BCUT2D eigenvalue weighted by Crippen LogP contribution is 2.33. The lowest BCUT2D eigenvalue weighted by atomic mass is 10.0. The number of amides is 1. The van der Waals surface area contributed by atoms with Crippen LogP contribution in [0.4, 0.5) is 5.69 Å². The first-order valence-electron chi connectivity index (χ1n) is 11.4. The summed E-state index contributed by atoms with van der Waals surface area (Å²) in [6.45, 7) is 3.44. The summed E-state index contributed by atoms with van der Waals surface area (Å²) >= 11 is 0. The van der Waals surface area contributed by atoms with Crippen LogP contribution in [0, 0.1) is 0 Å². The first-order valence-corrected chi connectivity index (χ1v) is 11.4. The van der Waals surface area contributed by atoms with Gasteiger partial charge in [-0.25, -0.2) is 0 Å². The molecule has 1 amide bonds. The molecule has 0 bridgehead atoms. The van der Waals surface area contributed by atoms with Gasteiger partial charge in [-0.15, -0.1) is 0 Å². The van der Waals surface area contributed by atoms with Gasteiger partial charge in [0.25, 0.3) is 5.91 Å². The smallest absolute Gasteiger partial charge is 0.264 e. The van der Waals surface area contributed by atoms with E-state index in [-0.39, 0.29) is 18.7 Å². The predicted octanol–water partition coefficient (Wildman–Crippen LogP) is 4.19. The summed E-state index contributed by atoms with van der Waals surface area (Å²) in [4.78, 5) is 17.0. The molecule has 2 aliphatic heterocycles. The van der Waals surface area contributed by atoms with E-state index in [2.05, 4.69) is 4.90 Å². The van der Waals surface area contributed by atoms with E-state index in [0.717, 1.165) is 55.0 Å². The molecule has 0 spiro atoms. The number of hydrogen-bond donors (Lipinski definition) is 1. The summed E-state index contributed by atoms with van der Waals surface area (Å²) in [5.74, 6) is 1.32. The number of hydrogen-bond acceptors (Lipinski definition) is 5. The number of carbonyl (C=O) groups excluding carboxylic acids is 1. The van der Waals surface area contributed by atoms with Crippen molar-refractivity contribution in [2.24, 2.45) is 0 Å². The van der Waals surface area contributed by atoms with E-state index in [1.807, 2.05) is 72.8 Å². The number of carbonyl (C=O) groups is 1. The molecule has 6 heteroatoms. The topological polar surface area (TPSA) is 62.2 Å². The zero-order valence-corrected chi connectivity index (χ0v) is 18.5. The van der Waals surface area contributed by atoms with Gasteiger partial charge in [-0.3, -0.25) is 9.69 Å². The second-order valence-corrected chi connectivity index (χ2v) is 8.52. The summed E-state index contributed by atoms with van der Waals surface area (Å²) in [7, 11) is 0. The normalized spacial score (nSPS) is 18.2. The van der Waals surface area contributed by atoms with Crippen LogP contribution in [0.3, 0.4) is 0 Å². The number of aliphatic hydroxyl groups excluding tert-OH is 1. The maximum Gasteiger partial charge on any atom is 0.264 e. The Hall–Kier alpha value is -3.35. The molecule has 0 saturated carbocycles. The minimum Gasteiger partial charge on any atom is -0.494 e. The van der Waals surface area contributed by atoms with Crippen LogP contribution < -0.4 is 14.4 Å². The minimum atomic E-state index is -0.183. The summed E-state index contributed by atoms with van der Waals surface area (Å²) in [5, 5.41) is 9.59. The SMILES string of the molecule is O=C1c2ccc(-c3ccccc3)cc2OCN1c1ccc(OCCCN2CC[C@@H](O)C2)cc1. The average Bonchev–Trinajstić information content (AvgIpc) is 3.28. The Morgan fingerprint density at radius 2 is 1.82 bits per heavy atom. The fourth-order valence-corrected chi connectivity index (χ4v) is 4.37. The van der Waals surface area contributed by atoms with Crippen molar-refractivity contribution in [1.29, 1.82) is 0 Å². The number of rotatable bonds is 7. The fourth-order valence-electron chi connectivity index (χ4n) is 4.37. The van der Waals surface area contributed by atoms with Gasteiger partial charge in [0.1, 0.15) is 11.5 Å². The van der Waals surface area contributed by atoms with Gasteiger partial charge in [-0.1, -0.05) is 36.4 Å². The lowest BCUT2D eigenvalue weighted by molar-refractivity contribution is 0.0937. The van der Waals surface area contributed by atoms with Crippen LogP contribution in [0.2, 0.25) is 0 Å². The molecule has 2 aliphatic rings. The zero-order chi connectivity index (χ0) is 22.6. The van der Waals surface area contributed by atoms with Gasteiger partial charge in [-0.05, 0) is 60.4 Å². The molecular formula is C27H28N2O4. The third-order valence-corrected chi connectivity index (χ3v) is 6.20. The Balaban J connectivity index is 1.19. The van der Waals surface area contributed by atoms with Crippen molar-refractivity contribution in [2.45, 2.75) is 18.9 Å². The first kappa shape index (κ1) is 21.5. The van der Waals surface area contributed by atoms with E-state index in [1.54, 1.807) is 4.90 Å². The molecule has 3 aromatic rings. The quantitative estimate of drug-likeness (QED) is 0.554. The number of benzene rings is 3. The van der Waals surface area contributed by atoms with E-state index < -0.39 is 0 Å². The summed E-state index contributed by atoms with van der Waals surface area (Å²) in [6, 6.07) is 23.3. The number of aliphatic hydroxyl groups is 1. The van der Waals surface area contributed by atoms with Crippen LogP contribution >= 0.6 is 0 Å². The van der Waals surface area contributed by atoms with Crippen LogP contribution in [-0.4, -0.2) is 55.0 Å². The van der Waals surface area contributed by atoms with Gasteiger partial charge < -0.3 is 19.5 Å². The number of likely N-dealkylation sites (tertiary alicyclic amines) is 1. The highest BCUT2D eigenvalue weighted by atomic mass is 16.5. The molecule has 1 fully saturated rings. The van der Waals surface area contributed by atoms with Gasteiger partial charge >= 0.3 is 0 Å². The first-order chi connectivity index (χ1) is 16.2. The molecule has 0 aromatic heterocycles. The van der Waals surface area contributed by atoms with E-state index >= 15 is 0 Å². The van der Waals surface area contributed by atoms with Gasteiger partial charge in [0, 0.05) is 25.3 Å². The highest BCUT2D eigenvalue weighted by Gasteiger charge is 2.27. The van der Waals surface area contributed by atoms with Crippen molar-refractivity contribution in [3.05, 3.63) is 78.4 Å². The molecule has 0 unspecified atom stereocenters. The Bertz CT molecular complexity index is 1100. The number of ether oxygens (including phenoxy) is 2. The number of nitrogens with zero attached hydrogens (tertiary/aromatic N) is 2. The van der Waals surface area contributed by atoms with Crippen LogP contribution in [-0.2, 0) is 0 Å². The molecule has 0 radical (unpaired) electrons. The van der Waals surface area contributed by atoms with Crippen LogP contribution in [0.25, 0.3) is 11.1 Å². The molecule has 0 aliphatic carbocycles. The Morgan fingerprint density at radius 3 is 2.58 bits per heavy atom. The maximum absolute atomic E-state index is 13.1. The minimum absolute atomic E-state index is 0.0719. The largest absolute Gasteiger partial charge is 0.494 e. The standard InChI is InChI=1S/C27H28N2O4/c30-23-13-15-28(18-23)14-4-16-32-24-10-8-22(9-11-24)29-19-33-26-17-21(7-12-25(26)27(29)31)20-5-2-1-3-6-20/h1-3,5-12,17,23,30H,4,13-16,18-19H2/t23-/m1/s1. The third kappa shape index (κ3) is 4.87. The second kappa shape index (κ2) is 9.65.